The minimum absolute atomic E-state index is 0.136. The Morgan fingerprint density at radius 1 is 1.15 bits per heavy atom. The molecule has 3 atom stereocenters. The Bertz CT molecular complexity index is 711. The predicted octanol–water partition coefficient (Wildman–Crippen LogP) is 3.02. The third kappa shape index (κ3) is 3.45. The lowest BCUT2D eigenvalue weighted by Crippen LogP contribution is -2.52. The van der Waals surface area contributed by atoms with Crippen LogP contribution in [0.1, 0.15) is 58.4 Å². The number of likely N-dealkylation sites (tertiary alicyclic amines) is 1. The zero-order valence-corrected chi connectivity index (χ0v) is 16.4. The molecule has 2 heterocycles. The van der Waals surface area contributed by atoms with Crippen molar-refractivity contribution in [3.05, 3.63) is 35.9 Å². The molecule has 2 saturated heterocycles. The highest BCUT2D eigenvalue weighted by atomic mass is 16.2. The van der Waals surface area contributed by atoms with Crippen LogP contribution in [0.25, 0.3) is 0 Å². The Kier molecular flexibility index (Phi) is 5.53. The van der Waals surface area contributed by atoms with Crippen LogP contribution in [0.3, 0.4) is 0 Å². The maximum absolute atomic E-state index is 13.3. The van der Waals surface area contributed by atoms with Gasteiger partial charge in [-0.2, -0.15) is 0 Å². The minimum atomic E-state index is -1.08. The highest BCUT2D eigenvalue weighted by Gasteiger charge is 2.52. The molecule has 4 amide bonds. The van der Waals surface area contributed by atoms with E-state index in [2.05, 4.69) is 5.32 Å². The van der Waals surface area contributed by atoms with Gasteiger partial charge in [0.2, 0.25) is 5.91 Å². The smallest absolute Gasteiger partial charge is 0.325 e. The maximum atomic E-state index is 13.3. The van der Waals surface area contributed by atoms with Crippen LogP contribution in [-0.2, 0) is 15.1 Å². The van der Waals surface area contributed by atoms with Crippen LogP contribution in [-0.4, -0.2) is 46.3 Å². The van der Waals surface area contributed by atoms with Crippen LogP contribution < -0.4 is 5.32 Å². The third-order valence-electron chi connectivity index (χ3n) is 5.84. The summed E-state index contributed by atoms with van der Waals surface area (Å²) in [5, 5.41) is 2.88. The van der Waals surface area contributed by atoms with E-state index in [1.54, 1.807) is 0 Å². The Labute approximate surface area is 160 Å². The number of benzene rings is 1. The van der Waals surface area contributed by atoms with Crippen LogP contribution in [0.4, 0.5) is 4.79 Å². The molecule has 0 aromatic heterocycles. The Hall–Kier alpha value is -2.37. The third-order valence-corrected chi connectivity index (χ3v) is 5.84. The van der Waals surface area contributed by atoms with Crippen molar-refractivity contribution in [2.45, 2.75) is 70.5 Å². The van der Waals surface area contributed by atoms with E-state index >= 15 is 0 Å². The molecule has 3 rings (SSSR count). The van der Waals surface area contributed by atoms with E-state index in [0.29, 0.717) is 6.42 Å². The molecule has 1 aromatic rings. The summed E-state index contributed by atoms with van der Waals surface area (Å²) in [6, 6.07) is 9.09. The van der Waals surface area contributed by atoms with Gasteiger partial charge in [-0.15, -0.1) is 0 Å². The highest BCUT2D eigenvalue weighted by Crippen LogP contribution is 2.34. The lowest BCUT2D eigenvalue weighted by atomic mass is 9.85. The van der Waals surface area contributed by atoms with Gasteiger partial charge < -0.3 is 10.2 Å². The standard InChI is InChI=1S/C21H29N3O3/c1-4-13-21(17-11-6-5-7-12-17)19(26)23(20(27)22-21)14-18(25)24-15(2)9-8-10-16(24)3/h5-7,11-12,15-16H,4,8-10,13-14H2,1-3H3,(H,22,27). The SMILES string of the molecule is CCCC1(c2ccccc2)NC(=O)N(CC(=O)N2C(C)CCCC2C)C1=O. The lowest BCUT2D eigenvalue weighted by molar-refractivity contribution is -0.143. The number of carbonyl (C=O) groups excluding carboxylic acids is 3. The van der Waals surface area contributed by atoms with Crippen molar-refractivity contribution in [1.82, 2.24) is 15.1 Å². The van der Waals surface area contributed by atoms with Crippen molar-refractivity contribution in [1.29, 1.82) is 0 Å². The Morgan fingerprint density at radius 2 is 1.78 bits per heavy atom. The number of amides is 4. The molecule has 6 heteroatoms. The van der Waals surface area contributed by atoms with E-state index in [-0.39, 0.29) is 30.4 Å². The largest absolute Gasteiger partial charge is 0.336 e. The van der Waals surface area contributed by atoms with Crippen LogP contribution >= 0.6 is 0 Å². The molecule has 0 bridgehead atoms. The number of rotatable bonds is 5. The molecule has 1 aromatic carbocycles. The number of piperidine rings is 1. The summed E-state index contributed by atoms with van der Waals surface area (Å²) in [6.45, 7) is 5.85. The molecule has 0 spiro atoms. The number of nitrogens with one attached hydrogen (secondary N) is 1. The normalized spacial score (nSPS) is 28.4. The molecule has 0 radical (unpaired) electrons. The number of hydrogen-bond acceptors (Lipinski definition) is 3. The average molecular weight is 371 g/mol. The summed E-state index contributed by atoms with van der Waals surface area (Å²) >= 11 is 0. The molecular formula is C21H29N3O3. The summed E-state index contributed by atoms with van der Waals surface area (Å²) in [7, 11) is 0. The van der Waals surface area contributed by atoms with Gasteiger partial charge in [0.25, 0.3) is 5.91 Å². The Morgan fingerprint density at radius 3 is 2.37 bits per heavy atom. The second-order valence-electron chi connectivity index (χ2n) is 7.77. The van der Waals surface area contributed by atoms with Crippen molar-refractivity contribution < 1.29 is 14.4 Å². The van der Waals surface area contributed by atoms with E-state index in [4.69, 9.17) is 0 Å². The Balaban J connectivity index is 1.84. The van der Waals surface area contributed by atoms with E-state index < -0.39 is 11.6 Å². The molecule has 146 valence electrons. The van der Waals surface area contributed by atoms with Gasteiger partial charge in [-0.25, -0.2) is 4.79 Å². The molecule has 6 nitrogen and oxygen atoms in total. The average Bonchev–Trinajstić information content (AvgIpc) is 2.88. The number of nitrogens with zero attached hydrogens (tertiary/aromatic N) is 2. The van der Waals surface area contributed by atoms with E-state index in [9.17, 15) is 14.4 Å². The number of carbonyl (C=O) groups is 3. The van der Waals surface area contributed by atoms with Gasteiger partial charge in [-0.1, -0.05) is 43.7 Å². The van der Waals surface area contributed by atoms with E-state index in [1.807, 2.05) is 56.0 Å². The first-order chi connectivity index (χ1) is 12.9. The van der Waals surface area contributed by atoms with E-state index in [0.717, 1.165) is 36.1 Å². The van der Waals surface area contributed by atoms with Gasteiger partial charge in [0.15, 0.2) is 0 Å². The number of hydrogen-bond donors (Lipinski definition) is 1. The topological polar surface area (TPSA) is 69.7 Å². The van der Waals surface area contributed by atoms with Crippen molar-refractivity contribution in [2.24, 2.45) is 0 Å². The first-order valence-corrected chi connectivity index (χ1v) is 9.91. The monoisotopic (exact) mass is 371 g/mol. The first kappa shape index (κ1) is 19.4. The minimum Gasteiger partial charge on any atom is -0.336 e. The van der Waals surface area contributed by atoms with Crippen LogP contribution in [0.5, 0.6) is 0 Å². The molecule has 1 N–H and O–H groups in total. The van der Waals surface area contributed by atoms with Crippen molar-refractivity contribution >= 4 is 17.8 Å². The van der Waals surface area contributed by atoms with Crippen LogP contribution in [0, 0.1) is 0 Å². The van der Waals surface area contributed by atoms with Gasteiger partial charge in [0.05, 0.1) is 0 Å². The van der Waals surface area contributed by atoms with Crippen LogP contribution in [0.2, 0.25) is 0 Å². The van der Waals surface area contributed by atoms with Gasteiger partial charge in [0.1, 0.15) is 12.1 Å². The van der Waals surface area contributed by atoms with Gasteiger partial charge in [-0.3, -0.25) is 14.5 Å². The molecule has 0 aliphatic carbocycles. The van der Waals surface area contributed by atoms with Gasteiger partial charge in [0, 0.05) is 12.1 Å². The number of urea groups is 1. The first-order valence-electron chi connectivity index (χ1n) is 9.91. The van der Waals surface area contributed by atoms with Gasteiger partial charge in [-0.05, 0) is 45.1 Å². The fraction of sp³-hybridized carbons (Fsp3) is 0.571. The van der Waals surface area contributed by atoms with Crippen molar-refractivity contribution in [3.63, 3.8) is 0 Å². The zero-order chi connectivity index (χ0) is 19.6. The molecule has 27 heavy (non-hydrogen) atoms. The van der Waals surface area contributed by atoms with Crippen LogP contribution in [0.15, 0.2) is 30.3 Å². The zero-order valence-electron chi connectivity index (χ0n) is 16.4. The molecule has 2 fully saturated rings. The quantitative estimate of drug-likeness (QED) is 0.809. The maximum Gasteiger partial charge on any atom is 0.325 e. The number of imide groups is 1. The summed E-state index contributed by atoms with van der Waals surface area (Å²) in [4.78, 5) is 41.8. The molecule has 3 unspecified atom stereocenters. The van der Waals surface area contributed by atoms with Crippen molar-refractivity contribution in [3.8, 4) is 0 Å². The predicted molar refractivity (Wildman–Crippen MR) is 103 cm³/mol. The van der Waals surface area contributed by atoms with Crippen molar-refractivity contribution in [2.75, 3.05) is 6.54 Å². The second kappa shape index (κ2) is 7.71. The summed E-state index contributed by atoms with van der Waals surface area (Å²) in [6.07, 6.45) is 4.26. The molecule has 2 aliphatic rings. The van der Waals surface area contributed by atoms with E-state index in [1.165, 1.54) is 0 Å². The lowest BCUT2D eigenvalue weighted by Gasteiger charge is -2.39. The highest BCUT2D eigenvalue weighted by molar-refractivity contribution is 6.09. The summed E-state index contributed by atoms with van der Waals surface area (Å²) < 4.78 is 0. The summed E-state index contributed by atoms with van der Waals surface area (Å²) in [5.74, 6) is -0.482. The summed E-state index contributed by atoms with van der Waals surface area (Å²) in [5.41, 5.74) is -0.313. The molecule has 0 saturated carbocycles. The van der Waals surface area contributed by atoms with Gasteiger partial charge >= 0.3 is 6.03 Å². The second-order valence-corrected chi connectivity index (χ2v) is 7.77. The fourth-order valence-electron chi connectivity index (χ4n) is 4.51. The molecule has 2 aliphatic heterocycles. The molecular weight excluding hydrogens is 342 g/mol. The fourth-order valence-corrected chi connectivity index (χ4v) is 4.51.